The van der Waals surface area contributed by atoms with Gasteiger partial charge in [-0.05, 0) is 67.4 Å². The van der Waals surface area contributed by atoms with Gasteiger partial charge < -0.3 is 15.4 Å². The van der Waals surface area contributed by atoms with Crippen molar-refractivity contribution in [3.05, 3.63) is 100 Å². The minimum absolute atomic E-state index is 0.0829. The number of nitrogens with one attached hydrogen (secondary N) is 2. The Morgan fingerprint density at radius 2 is 1.75 bits per heavy atom. The molecule has 0 radical (unpaired) electrons. The fourth-order valence-electron chi connectivity index (χ4n) is 3.96. The second kappa shape index (κ2) is 10.8. The number of halogens is 2. The fourth-order valence-corrected chi connectivity index (χ4v) is 4.15. The molecule has 2 N–H and O–H groups in total. The molecule has 0 aliphatic carbocycles. The highest BCUT2D eigenvalue weighted by molar-refractivity contribution is 6.31. The molecule has 3 amide bonds. The van der Waals surface area contributed by atoms with Gasteiger partial charge in [-0.1, -0.05) is 41.9 Å². The molecule has 36 heavy (non-hydrogen) atoms. The average molecular weight is 510 g/mol. The smallest absolute Gasteiger partial charge is 0.411 e. The predicted octanol–water partition coefficient (Wildman–Crippen LogP) is 5.32. The third-order valence-electron chi connectivity index (χ3n) is 5.63. The van der Waals surface area contributed by atoms with Crippen molar-refractivity contribution in [2.45, 2.75) is 38.6 Å². The molecule has 3 aromatic rings. The summed E-state index contributed by atoms with van der Waals surface area (Å²) >= 11 is 5.96. The van der Waals surface area contributed by atoms with Gasteiger partial charge in [0.2, 0.25) is 5.91 Å². The standard InChI is InChI=1S/C27H25ClFN3O4/c1-16(2)30-26(34)23-24(36-27(35)32(23)15-17-6-10-21(29)11-7-17)18-8-12-22(13-9-18)31-25(33)19-4-3-5-20(28)14-19/h3-14,16,23-24H,15H2,1-2H3,(H,30,34)(H,31,33)/t23-,24+/m1/s1. The number of anilines is 1. The van der Waals surface area contributed by atoms with Gasteiger partial charge >= 0.3 is 6.09 Å². The molecule has 1 aliphatic heterocycles. The van der Waals surface area contributed by atoms with Crippen molar-refractivity contribution in [1.82, 2.24) is 10.2 Å². The molecular weight excluding hydrogens is 485 g/mol. The summed E-state index contributed by atoms with van der Waals surface area (Å²) in [5.41, 5.74) is 2.20. The van der Waals surface area contributed by atoms with E-state index in [1.165, 1.54) is 17.0 Å². The van der Waals surface area contributed by atoms with Gasteiger partial charge in [0, 0.05) is 22.3 Å². The van der Waals surface area contributed by atoms with Crippen molar-refractivity contribution in [2.75, 3.05) is 5.32 Å². The van der Waals surface area contributed by atoms with Crippen LogP contribution in [0.15, 0.2) is 72.8 Å². The van der Waals surface area contributed by atoms with E-state index in [4.69, 9.17) is 16.3 Å². The molecule has 1 fully saturated rings. The van der Waals surface area contributed by atoms with Crippen molar-refractivity contribution in [3.8, 4) is 0 Å². The highest BCUT2D eigenvalue weighted by atomic mass is 35.5. The van der Waals surface area contributed by atoms with Crippen LogP contribution in [0.4, 0.5) is 14.9 Å². The molecule has 0 unspecified atom stereocenters. The third kappa shape index (κ3) is 5.83. The molecule has 0 bridgehead atoms. The van der Waals surface area contributed by atoms with Crippen LogP contribution in [0, 0.1) is 5.82 Å². The summed E-state index contributed by atoms with van der Waals surface area (Å²) in [6.45, 7) is 3.73. The van der Waals surface area contributed by atoms with Crippen molar-refractivity contribution in [1.29, 1.82) is 0 Å². The van der Waals surface area contributed by atoms with Crippen LogP contribution in [0.1, 0.15) is 41.4 Å². The summed E-state index contributed by atoms with van der Waals surface area (Å²) in [5, 5.41) is 6.10. The van der Waals surface area contributed by atoms with Crippen LogP contribution >= 0.6 is 11.6 Å². The average Bonchev–Trinajstić information content (AvgIpc) is 3.16. The number of rotatable bonds is 7. The monoisotopic (exact) mass is 509 g/mol. The van der Waals surface area contributed by atoms with Crippen LogP contribution in [0.2, 0.25) is 5.02 Å². The SMILES string of the molecule is CC(C)NC(=O)[C@H]1[C@H](c2ccc(NC(=O)c3cccc(Cl)c3)cc2)OC(=O)N1Cc1ccc(F)cc1. The molecule has 3 aromatic carbocycles. The molecule has 4 rings (SSSR count). The Balaban J connectivity index is 1.55. The summed E-state index contributed by atoms with van der Waals surface area (Å²) in [6.07, 6.45) is -1.51. The van der Waals surface area contributed by atoms with E-state index in [1.54, 1.807) is 60.7 Å². The maximum atomic E-state index is 13.3. The lowest BCUT2D eigenvalue weighted by Gasteiger charge is -2.25. The summed E-state index contributed by atoms with van der Waals surface area (Å²) in [6, 6.07) is 18.0. The van der Waals surface area contributed by atoms with Gasteiger partial charge in [0.1, 0.15) is 5.82 Å². The van der Waals surface area contributed by atoms with E-state index < -0.39 is 24.1 Å². The lowest BCUT2D eigenvalue weighted by atomic mass is 10.00. The van der Waals surface area contributed by atoms with Gasteiger partial charge in [0.25, 0.3) is 5.91 Å². The Morgan fingerprint density at radius 3 is 2.39 bits per heavy atom. The molecular formula is C27H25ClFN3O4. The highest BCUT2D eigenvalue weighted by Crippen LogP contribution is 2.34. The van der Waals surface area contributed by atoms with Crippen molar-refractivity contribution < 1.29 is 23.5 Å². The van der Waals surface area contributed by atoms with Gasteiger partial charge in [0.05, 0.1) is 6.54 Å². The van der Waals surface area contributed by atoms with Gasteiger partial charge in [-0.3, -0.25) is 14.5 Å². The van der Waals surface area contributed by atoms with Crippen LogP contribution < -0.4 is 10.6 Å². The van der Waals surface area contributed by atoms with Crippen molar-refractivity contribution >= 4 is 35.2 Å². The van der Waals surface area contributed by atoms with Gasteiger partial charge in [-0.2, -0.15) is 0 Å². The maximum Gasteiger partial charge on any atom is 0.411 e. The Labute approximate surface area is 213 Å². The van der Waals surface area contributed by atoms with E-state index in [0.717, 1.165) is 0 Å². The second-order valence-corrected chi connectivity index (χ2v) is 9.19. The van der Waals surface area contributed by atoms with E-state index in [-0.39, 0.29) is 24.4 Å². The Bertz CT molecular complexity index is 1260. The lowest BCUT2D eigenvalue weighted by molar-refractivity contribution is -0.126. The number of hydrogen-bond acceptors (Lipinski definition) is 4. The van der Waals surface area contributed by atoms with Crippen LogP contribution in [-0.2, 0) is 16.1 Å². The number of ether oxygens (including phenoxy) is 1. The number of carbonyl (C=O) groups excluding carboxylic acids is 3. The summed E-state index contributed by atoms with van der Waals surface area (Å²) in [5.74, 6) is -1.07. The maximum absolute atomic E-state index is 13.3. The molecule has 0 spiro atoms. The van der Waals surface area contributed by atoms with Gasteiger partial charge in [-0.15, -0.1) is 0 Å². The molecule has 1 saturated heterocycles. The summed E-state index contributed by atoms with van der Waals surface area (Å²) < 4.78 is 19.0. The van der Waals surface area contributed by atoms with Crippen LogP contribution in [0.5, 0.6) is 0 Å². The minimum Gasteiger partial charge on any atom is -0.438 e. The number of hydrogen-bond donors (Lipinski definition) is 2. The first-order chi connectivity index (χ1) is 17.2. The van der Waals surface area contributed by atoms with E-state index in [9.17, 15) is 18.8 Å². The zero-order chi connectivity index (χ0) is 25.8. The second-order valence-electron chi connectivity index (χ2n) is 8.75. The quantitative estimate of drug-likeness (QED) is 0.451. The molecule has 186 valence electrons. The first kappa shape index (κ1) is 25.2. The molecule has 2 atom stereocenters. The van der Waals surface area contributed by atoms with Crippen LogP contribution in [0.25, 0.3) is 0 Å². The zero-order valence-electron chi connectivity index (χ0n) is 19.7. The number of amides is 3. The first-order valence-corrected chi connectivity index (χ1v) is 11.8. The fraction of sp³-hybridized carbons (Fsp3) is 0.222. The van der Waals surface area contributed by atoms with E-state index >= 15 is 0 Å². The van der Waals surface area contributed by atoms with Gasteiger partial charge in [-0.25, -0.2) is 9.18 Å². The molecule has 9 heteroatoms. The van der Waals surface area contributed by atoms with Gasteiger partial charge in [0.15, 0.2) is 12.1 Å². The number of cyclic esters (lactones) is 1. The highest BCUT2D eigenvalue weighted by Gasteiger charge is 2.47. The molecule has 1 aliphatic rings. The Kier molecular flexibility index (Phi) is 7.55. The van der Waals surface area contributed by atoms with Crippen LogP contribution in [0.3, 0.4) is 0 Å². The molecule has 0 aromatic heterocycles. The number of nitrogens with zero attached hydrogens (tertiary/aromatic N) is 1. The van der Waals surface area contributed by atoms with E-state index in [0.29, 0.717) is 27.4 Å². The van der Waals surface area contributed by atoms with E-state index in [2.05, 4.69) is 10.6 Å². The zero-order valence-corrected chi connectivity index (χ0v) is 20.5. The van der Waals surface area contributed by atoms with Crippen LogP contribution in [-0.4, -0.2) is 34.9 Å². The third-order valence-corrected chi connectivity index (χ3v) is 5.87. The number of carbonyl (C=O) groups is 3. The normalized spacial score (nSPS) is 17.1. The van der Waals surface area contributed by atoms with Crippen molar-refractivity contribution in [2.24, 2.45) is 0 Å². The number of benzene rings is 3. The topological polar surface area (TPSA) is 87.7 Å². The molecule has 7 nitrogen and oxygen atoms in total. The largest absolute Gasteiger partial charge is 0.438 e. The first-order valence-electron chi connectivity index (χ1n) is 11.4. The minimum atomic E-state index is -0.933. The Morgan fingerprint density at radius 1 is 1.06 bits per heavy atom. The van der Waals surface area contributed by atoms with Crippen molar-refractivity contribution in [3.63, 3.8) is 0 Å². The summed E-state index contributed by atoms with van der Waals surface area (Å²) in [4.78, 5) is 39.8. The molecule has 0 saturated carbocycles. The molecule has 1 heterocycles. The summed E-state index contributed by atoms with van der Waals surface area (Å²) in [7, 11) is 0. The lowest BCUT2D eigenvalue weighted by Crippen LogP contribution is -2.48. The van der Waals surface area contributed by atoms with E-state index in [1.807, 2.05) is 13.8 Å². The predicted molar refractivity (Wildman–Crippen MR) is 134 cm³/mol. The Hall–Kier alpha value is -3.91.